The third kappa shape index (κ3) is 4.79. The van der Waals surface area contributed by atoms with Gasteiger partial charge in [0.05, 0.1) is 24.4 Å². The molecule has 1 fully saturated rings. The molecule has 3 aromatic carbocycles. The molecule has 1 saturated heterocycles. The van der Waals surface area contributed by atoms with Crippen LogP contribution in [0.25, 0.3) is 5.76 Å². The Bertz CT molecular complexity index is 1560. The van der Waals surface area contributed by atoms with Gasteiger partial charge in [0.2, 0.25) is 0 Å². The minimum atomic E-state index is -0.834. The van der Waals surface area contributed by atoms with E-state index >= 15 is 0 Å². The summed E-state index contributed by atoms with van der Waals surface area (Å²) in [6.07, 6.45) is 2.26. The average Bonchev–Trinajstić information content (AvgIpc) is 3.66. The van der Waals surface area contributed by atoms with Gasteiger partial charge in [-0.1, -0.05) is 42.5 Å². The molecule has 0 radical (unpaired) electrons. The number of nitrogens with zero attached hydrogens (tertiary/aromatic N) is 1. The standard InChI is InChI=1S/C32H27NO6/c1-20-15-24-16-23(12-13-27(24)39-20)30(34)28-29(33(32(36)31(28)35)18-26-11-6-14-37-26)22-9-5-10-25(17-22)38-19-21-7-3-2-4-8-21/h2-14,16-17,20,29,34H,15,18-19H2,1H3/b30-28+. The molecule has 2 aliphatic heterocycles. The van der Waals surface area contributed by atoms with Gasteiger partial charge in [0.15, 0.2) is 0 Å². The van der Waals surface area contributed by atoms with Crippen molar-refractivity contribution in [1.82, 2.24) is 4.90 Å². The molecule has 2 unspecified atom stereocenters. The largest absolute Gasteiger partial charge is 0.507 e. The maximum absolute atomic E-state index is 13.4. The van der Waals surface area contributed by atoms with Crippen molar-refractivity contribution in [3.8, 4) is 11.5 Å². The fourth-order valence-corrected chi connectivity index (χ4v) is 5.20. The van der Waals surface area contributed by atoms with Crippen molar-refractivity contribution in [3.05, 3.63) is 125 Å². The van der Waals surface area contributed by atoms with Crippen molar-refractivity contribution < 1.29 is 28.6 Å². The molecule has 1 N–H and O–H groups in total. The Morgan fingerprint density at radius 1 is 1.00 bits per heavy atom. The number of aliphatic hydroxyl groups excluding tert-OH is 1. The van der Waals surface area contributed by atoms with Crippen molar-refractivity contribution in [2.24, 2.45) is 0 Å². The SMILES string of the molecule is CC1Cc2cc(/C(O)=C3\C(=O)C(=O)N(Cc4ccco4)C3c3cccc(OCc4ccccc4)c3)ccc2O1. The minimum absolute atomic E-state index is 0.0266. The fraction of sp³-hybridized carbons (Fsp3) is 0.188. The van der Waals surface area contributed by atoms with Crippen LogP contribution in [0.5, 0.6) is 11.5 Å². The number of hydrogen-bond donors (Lipinski definition) is 1. The molecule has 0 aliphatic carbocycles. The number of amides is 1. The average molecular weight is 522 g/mol. The molecular weight excluding hydrogens is 494 g/mol. The molecule has 7 heteroatoms. The highest BCUT2D eigenvalue weighted by molar-refractivity contribution is 6.46. The number of ether oxygens (including phenoxy) is 2. The summed E-state index contributed by atoms with van der Waals surface area (Å²) in [6, 6.07) is 25.0. The maximum Gasteiger partial charge on any atom is 0.296 e. The first kappa shape index (κ1) is 24.6. The zero-order valence-electron chi connectivity index (χ0n) is 21.4. The van der Waals surface area contributed by atoms with Gasteiger partial charge in [-0.25, -0.2) is 0 Å². The number of furan rings is 1. The van der Waals surface area contributed by atoms with Gasteiger partial charge in [-0.05, 0) is 66.1 Å². The predicted octanol–water partition coefficient (Wildman–Crippen LogP) is 5.80. The number of Topliss-reactive ketones (excluding diaryl/α,β-unsaturated/α-hetero) is 1. The number of aliphatic hydroxyl groups is 1. The minimum Gasteiger partial charge on any atom is -0.507 e. The molecule has 39 heavy (non-hydrogen) atoms. The van der Waals surface area contributed by atoms with Crippen LogP contribution >= 0.6 is 0 Å². The number of hydrogen-bond acceptors (Lipinski definition) is 6. The lowest BCUT2D eigenvalue weighted by molar-refractivity contribution is -0.140. The van der Waals surface area contributed by atoms with E-state index in [2.05, 4.69) is 0 Å². The van der Waals surface area contributed by atoms with Crippen LogP contribution in [0.15, 0.2) is 101 Å². The first-order chi connectivity index (χ1) is 19.0. The molecule has 0 spiro atoms. The van der Waals surface area contributed by atoms with Gasteiger partial charge in [0, 0.05) is 12.0 Å². The van der Waals surface area contributed by atoms with Crippen LogP contribution in [0.1, 0.15) is 41.0 Å². The van der Waals surface area contributed by atoms with Crippen LogP contribution in [0.2, 0.25) is 0 Å². The Morgan fingerprint density at radius 3 is 2.64 bits per heavy atom. The van der Waals surface area contributed by atoms with Crippen LogP contribution in [0.4, 0.5) is 0 Å². The second-order valence-corrected chi connectivity index (χ2v) is 9.81. The predicted molar refractivity (Wildman–Crippen MR) is 144 cm³/mol. The molecule has 1 aromatic heterocycles. The number of likely N-dealkylation sites (tertiary alicyclic amines) is 1. The fourth-order valence-electron chi connectivity index (χ4n) is 5.20. The lowest BCUT2D eigenvalue weighted by Crippen LogP contribution is -2.29. The second kappa shape index (κ2) is 10.2. The van der Waals surface area contributed by atoms with Gasteiger partial charge >= 0.3 is 0 Å². The number of carbonyl (C=O) groups excluding carboxylic acids is 2. The molecule has 7 nitrogen and oxygen atoms in total. The van der Waals surface area contributed by atoms with E-state index in [1.165, 1.54) is 11.2 Å². The third-order valence-corrected chi connectivity index (χ3v) is 7.04. The van der Waals surface area contributed by atoms with Crippen LogP contribution in [-0.2, 0) is 29.2 Å². The van der Waals surface area contributed by atoms with E-state index in [0.29, 0.717) is 35.7 Å². The molecule has 4 aromatic rings. The normalized spacial score (nSPS) is 19.7. The summed E-state index contributed by atoms with van der Waals surface area (Å²) in [5.74, 6) is 0.206. The first-order valence-electron chi connectivity index (χ1n) is 12.9. The number of rotatable bonds is 7. The van der Waals surface area contributed by atoms with E-state index in [1.54, 1.807) is 30.3 Å². The Hall–Kier alpha value is -4.78. The van der Waals surface area contributed by atoms with Crippen molar-refractivity contribution >= 4 is 17.4 Å². The Kier molecular flexibility index (Phi) is 6.40. The summed E-state index contributed by atoms with van der Waals surface area (Å²) in [6.45, 7) is 2.42. The second-order valence-electron chi connectivity index (χ2n) is 9.81. The number of carbonyl (C=O) groups is 2. The van der Waals surface area contributed by atoms with Crippen LogP contribution in [0, 0.1) is 0 Å². The lowest BCUT2D eigenvalue weighted by atomic mass is 9.94. The molecule has 2 aliphatic rings. The summed E-state index contributed by atoms with van der Waals surface area (Å²) in [5, 5.41) is 11.5. The van der Waals surface area contributed by atoms with Gasteiger partial charge in [-0.15, -0.1) is 0 Å². The van der Waals surface area contributed by atoms with E-state index < -0.39 is 17.7 Å². The highest BCUT2D eigenvalue weighted by Crippen LogP contribution is 2.42. The third-order valence-electron chi connectivity index (χ3n) is 7.04. The Labute approximate surface area is 225 Å². The topological polar surface area (TPSA) is 89.2 Å². The molecule has 2 atom stereocenters. The highest BCUT2D eigenvalue weighted by atomic mass is 16.5. The zero-order chi connectivity index (χ0) is 26.9. The van der Waals surface area contributed by atoms with Crippen molar-refractivity contribution in [3.63, 3.8) is 0 Å². The summed E-state index contributed by atoms with van der Waals surface area (Å²) in [4.78, 5) is 28.2. The summed E-state index contributed by atoms with van der Waals surface area (Å²) in [7, 11) is 0. The van der Waals surface area contributed by atoms with Gasteiger partial charge < -0.3 is 23.9 Å². The Balaban J connectivity index is 1.40. The number of ketones is 1. The van der Waals surface area contributed by atoms with Crippen LogP contribution in [0.3, 0.4) is 0 Å². The number of benzene rings is 3. The summed E-state index contributed by atoms with van der Waals surface area (Å²) < 4.78 is 17.3. The first-order valence-corrected chi connectivity index (χ1v) is 12.9. The van der Waals surface area contributed by atoms with Crippen LogP contribution < -0.4 is 9.47 Å². The van der Waals surface area contributed by atoms with Gasteiger partial charge in [0.1, 0.15) is 35.7 Å². The van der Waals surface area contributed by atoms with E-state index in [-0.39, 0.29) is 24.0 Å². The maximum atomic E-state index is 13.4. The smallest absolute Gasteiger partial charge is 0.296 e. The molecule has 196 valence electrons. The van der Waals surface area contributed by atoms with Gasteiger partial charge in [-0.2, -0.15) is 0 Å². The van der Waals surface area contributed by atoms with E-state index in [1.807, 2.05) is 61.5 Å². The number of fused-ring (bicyclic) bond motifs is 1. The molecule has 0 saturated carbocycles. The van der Waals surface area contributed by atoms with E-state index in [9.17, 15) is 14.7 Å². The van der Waals surface area contributed by atoms with Crippen molar-refractivity contribution in [2.75, 3.05) is 0 Å². The van der Waals surface area contributed by atoms with Crippen molar-refractivity contribution in [2.45, 2.75) is 38.6 Å². The Morgan fingerprint density at radius 2 is 1.85 bits per heavy atom. The zero-order valence-corrected chi connectivity index (χ0v) is 21.4. The summed E-state index contributed by atoms with van der Waals surface area (Å²) >= 11 is 0. The molecular formula is C32H27NO6. The van der Waals surface area contributed by atoms with Gasteiger partial charge in [0.25, 0.3) is 11.7 Å². The lowest BCUT2D eigenvalue weighted by Gasteiger charge is -2.25. The molecule has 6 rings (SSSR count). The van der Waals surface area contributed by atoms with E-state index in [4.69, 9.17) is 13.9 Å². The van der Waals surface area contributed by atoms with Crippen molar-refractivity contribution in [1.29, 1.82) is 0 Å². The molecule has 1 amide bonds. The highest BCUT2D eigenvalue weighted by Gasteiger charge is 2.46. The van der Waals surface area contributed by atoms with Crippen LogP contribution in [-0.4, -0.2) is 27.8 Å². The monoisotopic (exact) mass is 521 g/mol. The molecule has 3 heterocycles. The molecule has 0 bridgehead atoms. The quantitative estimate of drug-likeness (QED) is 0.188. The van der Waals surface area contributed by atoms with E-state index in [0.717, 1.165) is 16.9 Å². The van der Waals surface area contributed by atoms with Gasteiger partial charge in [-0.3, -0.25) is 9.59 Å². The summed E-state index contributed by atoms with van der Waals surface area (Å²) in [5.41, 5.74) is 3.10.